The van der Waals surface area contributed by atoms with E-state index < -0.39 is 0 Å². The molecule has 15 heavy (non-hydrogen) atoms. The zero-order chi connectivity index (χ0) is 10.8. The molecule has 1 unspecified atom stereocenters. The van der Waals surface area contributed by atoms with Crippen LogP contribution >= 0.6 is 23.2 Å². The Kier molecular flexibility index (Phi) is 3.55. The van der Waals surface area contributed by atoms with Crippen LogP contribution in [0.25, 0.3) is 0 Å². The second-order valence-electron chi connectivity index (χ2n) is 4.25. The molecular formula is C12H15Cl2N. The van der Waals surface area contributed by atoms with Crippen LogP contribution in [0.1, 0.15) is 25.3 Å². The summed E-state index contributed by atoms with van der Waals surface area (Å²) in [5, 5.41) is 5.08. The summed E-state index contributed by atoms with van der Waals surface area (Å²) < 4.78 is 0. The smallest absolute Gasteiger partial charge is 0.0453 e. The molecule has 1 aromatic carbocycles. The quantitative estimate of drug-likeness (QED) is 0.851. The van der Waals surface area contributed by atoms with Crippen LogP contribution in [0.5, 0.6) is 0 Å². The van der Waals surface area contributed by atoms with Gasteiger partial charge in [-0.15, -0.1) is 0 Å². The molecule has 0 aromatic heterocycles. The minimum atomic E-state index is 0.440. The molecule has 1 aliphatic rings. The fraction of sp³-hybridized carbons (Fsp3) is 0.500. The van der Waals surface area contributed by atoms with Crippen molar-refractivity contribution in [1.29, 1.82) is 0 Å². The van der Waals surface area contributed by atoms with Gasteiger partial charge in [0.2, 0.25) is 0 Å². The Hall–Kier alpha value is -0.240. The van der Waals surface area contributed by atoms with Crippen molar-refractivity contribution in [2.24, 2.45) is 0 Å². The average molecular weight is 244 g/mol. The maximum atomic E-state index is 6.11. The molecule has 0 saturated heterocycles. The lowest BCUT2D eigenvalue weighted by molar-refractivity contribution is 0.543. The molecule has 2 rings (SSSR count). The summed E-state index contributed by atoms with van der Waals surface area (Å²) in [6.07, 6.45) is 3.51. The van der Waals surface area contributed by atoms with E-state index in [4.69, 9.17) is 23.2 Å². The number of hydrogen-bond donors (Lipinski definition) is 1. The summed E-state index contributed by atoms with van der Waals surface area (Å²) in [5.74, 6) is 0. The number of halogens is 2. The lowest BCUT2D eigenvalue weighted by Gasteiger charge is -2.15. The summed E-state index contributed by atoms with van der Waals surface area (Å²) >= 11 is 12.2. The molecule has 0 heterocycles. The topological polar surface area (TPSA) is 12.0 Å². The van der Waals surface area contributed by atoms with Crippen LogP contribution in [0.2, 0.25) is 10.0 Å². The van der Waals surface area contributed by atoms with Crippen molar-refractivity contribution >= 4 is 23.2 Å². The van der Waals surface area contributed by atoms with Crippen molar-refractivity contribution in [2.75, 3.05) is 0 Å². The molecule has 3 heteroatoms. The standard InChI is InChI=1S/C12H15Cl2N/c1-8(15-9-5-6-9)7-10-11(13)3-2-4-12(10)14/h2-4,8-9,15H,5-7H2,1H3. The summed E-state index contributed by atoms with van der Waals surface area (Å²) in [6, 6.07) is 6.84. The Morgan fingerprint density at radius 2 is 1.93 bits per heavy atom. The fourth-order valence-corrected chi connectivity index (χ4v) is 2.30. The van der Waals surface area contributed by atoms with E-state index in [0.717, 1.165) is 28.1 Å². The number of hydrogen-bond acceptors (Lipinski definition) is 1. The highest BCUT2D eigenvalue weighted by Gasteiger charge is 2.23. The lowest BCUT2D eigenvalue weighted by atomic mass is 10.1. The van der Waals surface area contributed by atoms with E-state index in [-0.39, 0.29) is 0 Å². The highest BCUT2D eigenvalue weighted by atomic mass is 35.5. The largest absolute Gasteiger partial charge is 0.311 e. The molecule has 0 spiro atoms. The van der Waals surface area contributed by atoms with Gasteiger partial charge in [-0.25, -0.2) is 0 Å². The summed E-state index contributed by atoms with van der Waals surface area (Å²) in [7, 11) is 0. The molecule has 1 fully saturated rings. The maximum Gasteiger partial charge on any atom is 0.0453 e. The van der Waals surface area contributed by atoms with Crippen LogP contribution in [0.3, 0.4) is 0 Å². The molecule has 1 N–H and O–H groups in total. The van der Waals surface area contributed by atoms with E-state index >= 15 is 0 Å². The van der Waals surface area contributed by atoms with E-state index in [2.05, 4.69) is 12.2 Å². The molecule has 1 atom stereocenters. The predicted octanol–water partition coefficient (Wildman–Crippen LogP) is 3.68. The van der Waals surface area contributed by atoms with Gasteiger partial charge in [0, 0.05) is 22.1 Å². The van der Waals surface area contributed by atoms with Crippen LogP contribution in [-0.2, 0) is 6.42 Å². The SMILES string of the molecule is CC(Cc1c(Cl)cccc1Cl)NC1CC1. The van der Waals surface area contributed by atoms with Gasteiger partial charge >= 0.3 is 0 Å². The number of rotatable bonds is 4. The molecule has 82 valence electrons. The normalized spacial score (nSPS) is 17.8. The summed E-state index contributed by atoms with van der Waals surface area (Å²) in [6.45, 7) is 2.18. The molecule has 0 amide bonds. The van der Waals surface area contributed by atoms with E-state index in [1.54, 1.807) is 0 Å². The highest BCUT2D eigenvalue weighted by Crippen LogP contribution is 2.26. The molecular weight excluding hydrogens is 229 g/mol. The average Bonchev–Trinajstić information content (AvgIpc) is 2.95. The van der Waals surface area contributed by atoms with Gasteiger partial charge in [-0.3, -0.25) is 0 Å². The Morgan fingerprint density at radius 3 is 2.47 bits per heavy atom. The van der Waals surface area contributed by atoms with Gasteiger partial charge in [0.15, 0.2) is 0 Å². The molecule has 1 nitrogen and oxygen atoms in total. The Morgan fingerprint density at radius 1 is 1.33 bits per heavy atom. The van der Waals surface area contributed by atoms with Gasteiger partial charge in [-0.1, -0.05) is 29.3 Å². The van der Waals surface area contributed by atoms with Crippen LogP contribution in [-0.4, -0.2) is 12.1 Å². The Labute approximate surface area is 101 Å². The van der Waals surface area contributed by atoms with Crippen molar-refractivity contribution in [1.82, 2.24) is 5.32 Å². The van der Waals surface area contributed by atoms with Crippen LogP contribution < -0.4 is 5.32 Å². The van der Waals surface area contributed by atoms with Crippen molar-refractivity contribution in [2.45, 2.75) is 38.3 Å². The number of nitrogens with one attached hydrogen (secondary N) is 1. The predicted molar refractivity (Wildman–Crippen MR) is 65.8 cm³/mol. The van der Waals surface area contributed by atoms with E-state index in [9.17, 15) is 0 Å². The second-order valence-corrected chi connectivity index (χ2v) is 5.06. The van der Waals surface area contributed by atoms with Gasteiger partial charge in [-0.2, -0.15) is 0 Å². The van der Waals surface area contributed by atoms with Crippen molar-refractivity contribution in [3.05, 3.63) is 33.8 Å². The molecule has 0 radical (unpaired) electrons. The Balaban J connectivity index is 2.01. The molecule has 0 aliphatic heterocycles. The first kappa shape index (κ1) is 11.3. The van der Waals surface area contributed by atoms with E-state index in [1.807, 2.05) is 18.2 Å². The van der Waals surface area contributed by atoms with Gasteiger partial charge in [0.25, 0.3) is 0 Å². The molecule has 1 aromatic rings. The van der Waals surface area contributed by atoms with Crippen LogP contribution in [0.4, 0.5) is 0 Å². The zero-order valence-electron chi connectivity index (χ0n) is 8.76. The van der Waals surface area contributed by atoms with Crippen molar-refractivity contribution < 1.29 is 0 Å². The van der Waals surface area contributed by atoms with Gasteiger partial charge in [-0.05, 0) is 43.9 Å². The first-order valence-corrected chi connectivity index (χ1v) is 6.11. The van der Waals surface area contributed by atoms with Gasteiger partial charge < -0.3 is 5.32 Å². The second kappa shape index (κ2) is 4.73. The monoisotopic (exact) mass is 243 g/mol. The van der Waals surface area contributed by atoms with Gasteiger partial charge in [0.05, 0.1) is 0 Å². The van der Waals surface area contributed by atoms with Crippen LogP contribution in [0, 0.1) is 0 Å². The third kappa shape index (κ3) is 3.10. The molecule has 0 bridgehead atoms. The maximum absolute atomic E-state index is 6.11. The highest BCUT2D eigenvalue weighted by molar-refractivity contribution is 6.35. The summed E-state index contributed by atoms with van der Waals surface area (Å²) in [4.78, 5) is 0. The summed E-state index contributed by atoms with van der Waals surface area (Å²) in [5.41, 5.74) is 1.06. The lowest BCUT2D eigenvalue weighted by Crippen LogP contribution is -2.30. The third-order valence-electron chi connectivity index (χ3n) is 2.67. The van der Waals surface area contributed by atoms with E-state index in [0.29, 0.717) is 6.04 Å². The Bertz CT molecular complexity index is 327. The van der Waals surface area contributed by atoms with Crippen molar-refractivity contribution in [3.63, 3.8) is 0 Å². The zero-order valence-corrected chi connectivity index (χ0v) is 10.3. The number of benzene rings is 1. The molecule has 1 saturated carbocycles. The minimum absolute atomic E-state index is 0.440. The third-order valence-corrected chi connectivity index (χ3v) is 3.38. The first-order valence-electron chi connectivity index (χ1n) is 5.35. The van der Waals surface area contributed by atoms with Gasteiger partial charge in [0.1, 0.15) is 0 Å². The minimum Gasteiger partial charge on any atom is -0.311 e. The van der Waals surface area contributed by atoms with Crippen molar-refractivity contribution in [3.8, 4) is 0 Å². The molecule has 1 aliphatic carbocycles. The van der Waals surface area contributed by atoms with E-state index in [1.165, 1.54) is 12.8 Å². The first-order chi connectivity index (χ1) is 7.16. The fourth-order valence-electron chi connectivity index (χ4n) is 1.74. The van der Waals surface area contributed by atoms with Crippen LogP contribution in [0.15, 0.2) is 18.2 Å².